The second-order valence-corrected chi connectivity index (χ2v) is 5.25. The third kappa shape index (κ3) is 3.58. The van der Waals surface area contributed by atoms with Gasteiger partial charge in [-0.15, -0.1) is 0 Å². The van der Waals surface area contributed by atoms with Crippen molar-refractivity contribution in [1.29, 1.82) is 0 Å². The van der Waals surface area contributed by atoms with Crippen LogP contribution in [0.2, 0.25) is 0 Å². The highest BCUT2D eigenvalue weighted by Gasteiger charge is 2.09. The van der Waals surface area contributed by atoms with Gasteiger partial charge in [0.05, 0.1) is 11.3 Å². The number of nitrogens with one attached hydrogen (secondary N) is 1. The summed E-state index contributed by atoms with van der Waals surface area (Å²) in [6.07, 6.45) is 0. The van der Waals surface area contributed by atoms with Crippen molar-refractivity contribution in [3.05, 3.63) is 63.6 Å². The Morgan fingerprint density at radius 3 is 2.74 bits per heavy atom. The number of rotatable bonds is 4. The van der Waals surface area contributed by atoms with E-state index < -0.39 is 5.97 Å². The van der Waals surface area contributed by atoms with E-state index in [4.69, 9.17) is 5.11 Å². The molecule has 0 bridgehead atoms. The van der Waals surface area contributed by atoms with E-state index in [1.165, 1.54) is 5.56 Å². The third-order valence-electron chi connectivity index (χ3n) is 2.78. The quantitative estimate of drug-likeness (QED) is 0.893. The monoisotopic (exact) mass is 319 g/mol. The lowest BCUT2D eigenvalue weighted by Crippen LogP contribution is -2.06. The van der Waals surface area contributed by atoms with Crippen LogP contribution < -0.4 is 5.32 Å². The number of carboxylic acids is 1. The van der Waals surface area contributed by atoms with Crippen LogP contribution in [0.3, 0.4) is 0 Å². The van der Waals surface area contributed by atoms with Gasteiger partial charge in [-0.3, -0.25) is 0 Å². The number of halogens is 1. The predicted molar refractivity (Wildman–Crippen MR) is 79.6 cm³/mol. The molecular formula is C15H14BrNO2. The fourth-order valence-electron chi connectivity index (χ4n) is 1.87. The van der Waals surface area contributed by atoms with E-state index in [-0.39, 0.29) is 5.56 Å². The maximum atomic E-state index is 11.1. The van der Waals surface area contributed by atoms with Gasteiger partial charge in [-0.1, -0.05) is 45.8 Å². The Labute approximate surface area is 120 Å². The smallest absolute Gasteiger partial charge is 0.337 e. The van der Waals surface area contributed by atoms with Crippen LogP contribution >= 0.6 is 15.9 Å². The highest BCUT2D eigenvalue weighted by Crippen LogP contribution is 2.22. The van der Waals surface area contributed by atoms with Gasteiger partial charge in [0.15, 0.2) is 0 Å². The molecule has 3 nitrogen and oxygen atoms in total. The largest absolute Gasteiger partial charge is 0.478 e. The Hall–Kier alpha value is -1.81. The number of aryl methyl sites for hydroxylation is 1. The van der Waals surface area contributed by atoms with E-state index in [2.05, 4.69) is 27.3 Å². The lowest BCUT2D eigenvalue weighted by molar-refractivity contribution is 0.0698. The van der Waals surface area contributed by atoms with Crippen molar-refractivity contribution in [2.45, 2.75) is 13.5 Å². The molecule has 0 amide bonds. The number of carboxylic acid groups (broad SMARTS) is 1. The molecule has 0 aliphatic rings. The first-order valence-electron chi connectivity index (χ1n) is 5.88. The van der Waals surface area contributed by atoms with Gasteiger partial charge in [0.25, 0.3) is 0 Å². The van der Waals surface area contributed by atoms with Crippen molar-refractivity contribution in [2.75, 3.05) is 5.32 Å². The van der Waals surface area contributed by atoms with Crippen molar-refractivity contribution in [3.63, 3.8) is 0 Å². The Morgan fingerprint density at radius 2 is 2.05 bits per heavy atom. The molecule has 0 fully saturated rings. The summed E-state index contributed by atoms with van der Waals surface area (Å²) >= 11 is 3.35. The minimum atomic E-state index is -0.931. The molecule has 0 radical (unpaired) electrons. The minimum Gasteiger partial charge on any atom is -0.478 e. The summed E-state index contributed by atoms with van der Waals surface area (Å²) in [5, 5.41) is 12.3. The number of anilines is 1. The average molecular weight is 320 g/mol. The van der Waals surface area contributed by atoms with Crippen LogP contribution in [0.25, 0.3) is 0 Å². The molecular weight excluding hydrogens is 306 g/mol. The molecule has 2 aromatic carbocycles. The van der Waals surface area contributed by atoms with Gasteiger partial charge in [-0.2, -0.15) is 0 Å². The summed E-state index contributed by atoms with van der Waals surface area (Å²) in [5.41, 5.74) is 3.20. The van der Waals surface area contributed by atoms with Gasteiger partial charge < -0.3 is 10.4 Å². The summed E-state index contributed by atoms with van der Waals surface area (Å²) < 4.78 is 0.851. The summed E-state index contributed by atoms with van der Waals surface area (Å²) in [7, 11) is 0. The van der Waals surface area contributed by atoms with Gasteiger partial charge in [0, 0.05) is 11.0 Å². The number of aromatic carboxylic acids is 1. The van der Waals surface area contributed by atoms with Crippen molar-refractivity contribution in [3.8, 4) is 0 Å². The first kappa shape index (κ1) is 13.6. The zero-order valence-electron chi connectivity index (χ0n) is 10.5. The molecule has 19 heavy (non-hydrogen) atoms. The van der Waals surface area contributed by atoms with E-state index in [1.54, 1.807) is 18.2 Å². The van der Waals surface area contributed by atoms with Crippen LogP contribution in [0, 0.1) is 6.92 Å². The van der Waals surface area contributed by atoms with Gasteiger partial charge in [0.2, 0.25) is 0 Å². The van der Waals surface area contributed by atoms with Crippen molar-refractivity contribution >= 4 is 27.6 Å². The highest BCUT2D eigenvalue weighted by atomic mass is 79.9. The predicted octanol–water partition coefficient (Wildman–Crippen LogP) is 4.07. The molecule has 0 atom stereocenters. The normalized spacial score (nSPS) is 10.2. The van der Waals surface area contributed by atoms with Gasteiger partial charge >= 0.3 is 5.97 Å². The van der Waals surface area contributed by atoms with Crippen LogP contribution in [-0.2, 0) is 6.54 Å². The fourth-order valence-corrected chi connectivity index (χ4v) is 2.23. The lowest BCUT2D eigenvalue weighted by Gasteiger charge is -2.10. The molecule has 4 heteroatoms. The van der Waals surface area contributed by atoms with E-state index in [0.717, 1.165) is 10.0 Å². The Kier molecular flexibility index (Phi) is 4.22. The summed E-state index contributed by atoms with van der Waals surface area (Å²) in [5.74, 6) is -0.931. The minimum absolute atomic E-state index is 0.274. The third-order valence-corrected chi connectivity index (χ3v) is 3.27. The first-order chi connectivity index (χ1) is 9.06. The Bertz CT molecular complexity index is 611. The molecule has 0 unspecified atom stereocenters. The first-order valence-corrected chi connectivity index (χ1v) is 6.68. The topological polar surface area (TPSA) is 49.3 Å². The second-order valence-electron chi connectivity index (χ2n) is 4.34. The summed E-state index contributed by atoms with van der Waals surface area (Å²) in [4.78, 5) is 11.1. The number of benzene rings is 2. The van der Waals surface area contributed by atoms with E-state index in [9.17, 15) is 4.79 Å². The summed E-state index contributed by atoms with van der Waals surface area (Å²) in [6, 6.07) is 13.2. The van der Waals surface area contributed by atoms with Gasteiger partial charge in [-0.05, 0) is 30.7 Å². The fraction of sp³-hybridized carbons (Fsp3) is 0.133. The van der Waals surface area contributed by atoms with Crippen LogP contribution in [0.4, 0.5) is 5.69 Å². The number of carbonyl (C=O) groups is 1. The van der Waals surface area contributed by atoms with Gasteiger partial charge in [-0.25, -0.2) is 4.79 Å². The van der Waals surface area contributed by atoms with Crippen molar-refractivity contribution in [2.24, 2.45) is 0 Å². The van der Waals surface area contributed by atoms with Crippen molar-refractivity contribution < 1.29 is 9.90 Å². The molecule has 0 aromatic heterocycles. The average Bonchev–Trinajstić information content (AvgIpc) is 2.36. The molecule has 0 aliphatic carbocycles. The molecule has 0 saturated carbocycles. The van der Waals surface area contributed by atoms with E-state index in [1.807, 2.05) is 25.1 Å². The second kappa shape index (κ2) is 5.89. The van der Waals surface area contributed by atoms with Crippen LogP contribution in [0.1, 0.15) is 21.5 Å². The molecule has 0 aliphatic heterocycles. The van der Waals surface area contributed by atoms with E-state index >= 15 is 0 Å². The molecule has 98 valence electrons. The molecule has 2 rings (SSSR count). The zero-order valence-corrected chi connectivity index (χ0v) is 12.1. The molecule has 2 N–H and O–H groups in total. The Morgan fingerprint density at radius 1 is 1.26 bits per heavy atom. The van der Waals surface area contributed by atoms with Crippen molar-refractivity contribution in [1.82, 2.24) is 0 Å². The summed E-state index contributed by atoms with van der Waals surface area (Å²) in [6.45, 7) is 2.63. The SMILES string of the molecule is Cc1cccc(CNc2cc(Br)ccc2C(=O)O)c1. The van der Waals surface area contributed by atoms with Crippen LogP contribution in [0.15, 0.2) is 46.9 Å². The maximum Gasteiger partial charge on any atom is 0.337 e. The number of hydrogen-bond donors (Lipinski definition) is 2. The molecule has 0 saturated heterocycles. The maximum absolute atomic E-state index is 11.1. The van der Waals surface area contributed by atoms with Crippen LogP contribution in [0.5, 0.6) is 0 Å². The number of hydrogen-bond acceptors (Lipinski definition) is 2. The van der Waals surface area contributed by atoms with Gasteiger partial charge in [0.1, 0.15) is 0 Å². The molecule has 0 spiro atoms. The van der Waals surface area contributed by atoms with E-state index in [0.29, 0.717) is 12.2 Å². The molecule has 0 heterocycles. The lowest BCUT2D eigenvalue weighted by atomic mass is 10.1. The standard InChI is InChI=1S/C15H14BrNO2/c1-10-3-2-4-11(7-10)9-17-14-8-12(16)5-6-13(14)15(18)19/h2-8,17H,9H2,1H3,(H,18,19). The Balaban J connectivity index is 2.19. The van der Waals surface area contributed by atoms with Crippen LogP contribution in [-0.4, -0.2) is 11.1 Å². The molecule has 2 aromatic rings. The highest BCUT2D eigenvalue weighted by molar-refractivity contribution is 9.10. The zero-order chi connectivity index (χ0) is 13.8.